The van der Waals surface area contributed by atoms with Crippen molar-refractivity contribution in [3.63, 3.8) is 0 Å². The smallest absolute Gasteiger partial charge is 0.307 e. The minimum Gasteiger partial charge on any atom is -0.481 e. The van der Waals surface area contributed by atoms with Gasteiger partial charge in [-0.2, -0.15) is 9.40 Å². The van der Waals surface area contributed by atoms with Gasteiger partial charge in [-0.25, -0.2) is 8.42 Å². The minimum absolute atomic E-state index is 0.00522. The number of nitrogens with zero attached hydrogens (tertiary/aromatic N) is 3. The normalized spacial score (nSPS) is 23.5. The molecule has 8 nitrogen and oxygen atoms in total. The highest BCUT2D eigenvalue weighted by Gasteiger charge is 2.36. The van der Waals surface area contributed by atoms with Crippen LogP contribution in [-0.4, -0.2) is 60.4 Å². The van der Waals surface area contributed by atoms with E-state index < -0.39 is 21.9 Å². The van der Waals surface area contributed by atoms with Gasteiger partial charge < -0.3 is 9.84 Å². The van der Waals surface area contributed by atoms with E-state index in [4.69, 9.17) is 9.84 Å². The molecule has 1 saturated heterocycles. The van der Waals surface area contributed by atoms with Crippen molar-refractivity contribution in [3.05, 3.63) is 12.4 Å². The van der Waals surface area contributed by atoms with Gasteiger partial charge in [0.2, 0.25) is 10.0 Å². The number of carboxylic acids is 1. The number of rotatable bonds is 6. The third kappa shape index (κ3) is 3.65. The lowest BCUT2D eigenvalue weighted by Gasteiger charge is -2.33. The lowest BCUT2D eigenvalue weighted by molar-refractivity contribution is -0.143. The fraction of sp³-hybridized carbons (Fsp3) is 0.692. The third-order valence-electron chi connectivity index (χ3n) is 3.75. The molecule has 9 heteroatoms. The lowest BCUT2D eigenvalue weighted by Crippen LogP contribution is -2.45. The minimum atomic E-state index is -3.72. The zero-order valence-corrected chi connectivity index (χ0v) is 13.5. The number of carbonyl (C=O) groups is 1. The Balaban J connectivity index is 2.18. The van der Waals surface area contributed by atoms with Gasteiger partial charge >= 0.3 is 5.97 Å². The summed E-state index contributed by atoms with van der Waals surface area (Å²) in [6, 6.07) is 0. The zero-order chi connectivity index (χ0) is 16.3. The van der Waals surface area contributed by atoms with E-state index >= 15 is 0 Å². The molecule has 1 aliphatic heterocycles. The first kappa shape index (κ1) is 16.9. The van der Waals surface area contributed by atoms with Gasteiger partial charge in [0.25, 0.3) is 0 Å². The topological polar surface area (TPSA) is 102 Å². The molecule has 124 valence electrons. The summed E-state index contributed by atoms with van der Waals surface area (Å²) in [6.45, 7) is 3.09. The van der Waals surface area contributed by atoms with Crippen LogP contribution in [0.25, 0.3) is 0 Å². The van der Waals surface area contributed by atoms with E-state index in [1.807, 2.05) is 6.92 Å². The zero-order valence-electron chi connectivity index (χ0n) is 12.7. The molecule has 1 N–H and O–H groups in total. The van der Waals surface area contributed by atoms with E-state index in [1.54, 1.807) is 7.11 Å². The Labute approximate surface area is 129 Å². The van der Waals surface area contributed by atoms with Crippen LogP contribution in [0.4, 0.5) is 0 Å². The molecule has 2 unspecified atom stereocenters. The molecule has 0 bridgehead atoms. The van der Waals surface area contributed by atoms with Crippen molar-refractivity contribution in [1.29, 1.82) is 0 Å². The van der Waals surface area contributed by atoms with Crippen LogP contribution in [0.1, 0.15) is 13.3 Å². The SMILES string of the molecule is COCCn1cc(S(=O)(=O)N2CC(C)CC(C(=O)O)C2)cn1. The van der Waals surface area contributed by atoms with Gasteiger partial charge in [-0.3, -0.25) is 9.48 Å². The van der Waals surface area contributed by atoms with Gasteiger partial charge in [0.1, 0.15) is 4.90 Å². The maximum atomic E-state index is 12.6. The second-order valence-corrected chi connectivity index (χ2v) is 7.57. The number of hydrogen-bond acceptors (Lipinski definition) is 5. The van der Waals surface area contributed by atoms with E-state index in [0.29, 0.717) is 26.1 Å². The quantitative estimate of drug-likeness (QED) is 0.802. The highest BCUT2D eigenvalue weighted by atomic mass is 32.2. The van der Waals surface area contributed by atoms with Crippen molar-refractivity contribution in [1.82, 2.24) is 14.1 Å². The van der Waals surface area contributed by atoms with Crippen LogP contribution >= 0.6 is 0 Å². The van der Waals surface area contributed by atoms with Crippen molar-refractivity contribution < 1.29 is 23.1 Å². The molecular weight excluding hydrogens is 310 g/mol. The molecule has 2 rings (SSSR count). The van der Waals surface area contributed by atoms with Crippen LogP contribution in [-0.2, 0) is 26.1 Å². The first-order valence-corrected chi connectivity index (χ1v) is 8.53. The van der Waals surface area contributed by atoms with Gasteiger partial charge in [0.15, 0.2) is 0 Å². The van der Waals surface area contributed by atoms with Crippen LogP contribution in [0.15, 0.2) is 17.3 Å². The Morgan fingerprint density at radius 2 is 2.23 bits per heavy atom. The van der Waals surface area contributed by atoms with E-state index in [2.05, 4.69) is 5.10 Å². The maximum Gasteiger partial charge on any atom is 0.307 e. The van der Waals surface area contributed by atoms with E-state index in [0.717, 1.165) is 0 Å². The fourth-order valence-corrected chi connectivity index (χ4v) is 4.17. The average Bonchev–Trinajstić information content (AvgIpc) is 2.94. The number of aliphatic carboxylic acids is 1. The summed E-state index contributed by atoms with van der Waals surface area (Å²) in [7, 11) is -2.16. The van der Waals surface area contributed by atoms with Crippen LogP contribution < -0.4 is 0 Å². The Hall–Kier alpha value is -1.45. The first-order chi connectivity index (χ1) is 10.3. The van der Waals surface area contributed by atoms with Crippen molar-refractivity contribution >= 4 is 16.0 Å². The molecule has 0 aromatic carbocycles. The van der Waals surface area contributed by atoms with Gasteiger partial charge in [-0.1, -0.05) is 6.92 Å². The largest absolute Gasteiger partial charge is 0.481 e. The number of ether oxygens (including phenoxy) is 1. The first-order valence-electron chi connectivity index (χ1n) is 7.09. The maximum absolute atomic E-state index is 12.6. The van der Waals surface area contributed by atoms with Crippen molar-refractivity contribution in [2.24, 2.45) is 11.8 Å². The number of methoxy groups -OCH3 is 1. The Kier molecular flexibility index (Phi) is 5.20. The predicted molar refractivity (Wildman–Crippen MR) is 77.8 cm³/mol. The van der Waals surface area contributed by atoms with Crippen molar-refractivity contribution in [2.75, 3.05) is 26.8 Å². The molecule has 0 aliphatic carbocycles. The molecule has 1 aliphatic rings. The number of aromatic nitrogens is 2. The molecule has 1 aromatic rings. The molecule has 0 amide bonds. The summed E-state index contributed by atoms with van der Waals surface area (Å²) in [4.78, 5) is 11.3. The van der Waals surface area contributed by atoms with Gasteiger partial charge in [-0.05, 0) is 12.3 Å². The lowest BCUT2D eigenvalue weighted by atomic mass is 9.92. The Morgan fingerprint density at radius 1 is 1.50 bits per heavy atom. The summed E-state index contributed by atoms with van der Waals surface area (Å²) in [5, 5.41) is 13.2. The van der Waals surface area contributed by atoms with E-state index in [9.17, 15) is 13.2 Å². The average molecular weight is 331 g/mol. The number of carboxylic acid groups (broad SMARTS) is 1. The van der Waals surface area contributed by atoms with E-state index in [-0.39, 0.29) is 17.4 Å². The molecular formula is C13H21N3O5S. The van der Waals surface area contributed by atoms with Crippen molar-refractivity contribution in [2.45, 2.75) is 24.8 Å². The van der Waals surface area contributed by atoms with Crippen LogP contribution in [0.2, 0.25) is 0 Å². The van der Waals surface area contributed by atoms with Gasteiger partial charge in [0.05, 0.1) is 25.3 Å². The van der Waals surface area contributed by atoms with Crippen LogP contribution in [0, 0.1) is 11.8 Å². The number of hydrogen-bond donors (Lipinski definition) is 1. The Bertz CT molecular complexity index is 627. The molecule has 0 saturated carbocycles. The highest BCUT2D eigenvalue weighted by molar-refractivity contribution is 7.89. The monoisotopic (exact) mass is 331 g/mol. The molecule has 2 atom stereocenters. The second-order valence-electron chi connectivity index (χ2n) is 5.63. The Morgan fingerprint density at radius 3 is 2.86 bits per heavy atom. The van der Waals surface area contributed by atoms with Crippen LogP contribution in [0.5, 0.6) is 0 Å². The summed E-state index contributed by atoms with van der Waals surface area (Å²) in [6.07, 6.45) is 3.23. The van der Waals surface area contributed by atoms with Crippen LogP contribution in [0.3, 0.4) is 0 Å². The predicted octanol–water partition coefficient (Wildman–Crippen LogP) is 0.261. The highest BCUT2D eigenvalue weighted by Crippen LogP contribution is 2.26. The molecule has 0 spiro atoms. The van der Waals surface area contributed by atoms with Gasteiger partial charge in [-0.15, -0.1) is 0 Å². The molecule has 22 heavy (non-hydrogen) atoms. The summed E-state index contributed by atoms with van der Waals surface area (Å²) < 4.78 is 32.9. The molecule has 0 radical (unpaired) electrons. The van der Waals surface area contributed by atoms with Crippen molar-refractivity contribution in [3.8, 4) is 0 Å². The van der Waals surface area contributed by atoms with E-state index in [1.165, 1.54) is 21.4 Å². The summed E-state index contributed by atoms with van der Waals surface area (Å²) >= 11 is 0. The molecule has 2 heterocycles. The summed E-state index contributed by atoms with van der Waals surface area (Å²) in [5.41, 5.74) is 0. The second kappa shape index (κ2) is 6.76. The number of piperidine rings is 1. The number of sulfonamides is 1. The molecule has 1 aromatic heterocycles. The summed E-state index contributed by atoms with van der Waals surface area (Å²) in [5.74, 6) is -1.61. The van der Waals surface area contributed by atoms with Gasteiger partial charge in [0, 0.05) is 26.4 Å². The fourth-order valence-electron chi connectivity index (χ4n) is 2.61. The molecule has 1 fully saturated rings. The third-order valence-corrected chi connectivity index (χ3v) is 5.53. The standard InChI is InChI=1S/C13H21N3O5S/c1-10-5-11(13(17)18)8-16(7-10)22(19,20)12-6-14-15(9-12)3-4-21-2/h6,9-11H,3-5,7-8H2,1-2H3,(H,17,18).